The molecule has 4 N–H and O–H groups in total. The van der Waals surface area contributed by atoms with Crippen LogP contribution in [-0.4, -0.2) is 70.5 Å². The Balaban J connectivity index is 1.18. The highest BCUT2D eigenvalue weighted by Gasteiger charge is 2.58. The van der Waals surface area contributed by atoms with E-state index in [-0.39, 0.29) is 29.1 Å². The summed E-state index contributed by atoms with van der Waals surface area (Å²) in [7, 11) is 0. The van der Waals surface area contributed by atoms with Gasteiger partial charge in [-0.2, -0.15) is 5.10 Å². The number of hydrogen-bond donors (Lipinski definition) is 4. The maximum absolute atomic E-state index is 12.7. The number of nitrogens with one attached hydrogen (secondary N) is 3. The van der Waals surface area contributed by atoms with Crippen LogP contribution in [0.5, 0.6) is 0 Å². The summed E-state index contributed by atoms with van der Waals surface area (Å²) in [5.74, 6) is -0.124. The number of aromatic nitrogens is 2. The fraction of sp³-hybridized carbons (Fsp3) is 0.538. The molecule has 4 aliphatic rings. The van der Waals surface area contributed by atoms with E-state index in [0.29, 0.717) is 30.3 Å². The van der Waals surface area contributed by atoms with Gasteiger partial charge in [-0.05, 0) is 62.8 Å². The van der Waals surface area contributed by atoms with Crippen molar-refractivity contribution in [1.29, 1.82) is 0 Å². The first-order valence-corrected chi connectivity index (χ1v) is 13.0. The van der Waals surface area contributed by atoms with Crippen molar-refractivity contribution in [2.24, 2.45) is 16.3 Å². The van der Waals surface area contributed by atoms with Gasteiger partial charge in [0.2, 0.25) is 5.96 Å². The number of piperidine rings is 1. The fourth-order valence-electron chi connectivity index (χ4n) is 6.12. The molecule has 1 aliphatic carbocycles. The number of fused-ring (bicyclic) bond motifs is 1. The Morgan fingerprint density at radius 2 is 1.84 bits per heavy atom. The molecule has 3 aliphatic heterocycles. The number of ether oxygens (including phenoxy) is 1. The summed E-state index contributed by atoms with van der Waals surface area (Å²) >= 11 is 0. The number of anilines is 3. The molecule has 37 heavy (non-hydrogen) atoms. The first-order valence-electron chi connectivity index (χ1n) is 13.0. The second kappa shape index (κ2) is 9.05. The van der Waals surface area contributed by atoms with E-state index < -0.39 is 12.1 Å². The quantitative estimate of drug-likeness (QED) is 0.492. The molecule has 1 aromatic carbocycles. The molecule has 11 heteroatoms. The minimum atomic E-state index is -0.651. The van der Waals surface area contributed by atoms with Gasteiger partial charge in [-0.15, -0.1) is 0 Å². The van der Waals surface area contributed by atoms with Gasteiger partial charge in [0, 0.05) is 37.6 Å². The smallest absolute Gasteiger partial charge is 0.307 e. The number of nitrogens with zero attached hydrogens (tertiary/aromatic N) is 4. The van der Waals surface area contributed by atoms with Gasteiger partial charge in [0.25, 0.3) is 5.56 Å². The van der Waals surface area contributed by atoms with Crippen LogP contribution in [0.4, 0.5) is 17.1 Å². The minimum Gasteiger partial charge on any atom is -0.481 e. The van der Waals surface area contributed by atoms with Crippen LogP contribution >= 0.6 is 0 Å². The van der Waals surface area contributed by atoms with Crippen molar-refractivity contribution < 1.29 is 14.6 Å². The van der Waals surface area contributed by atoms with E-state index in [1.165, 1.54) is 0 Å². The van der Waals surface area contributed by atoms with E-state index in [0.717, 1.165) is 43.7 Å². The normalized spacial score (nSPS) is 28.2. The standard InChI is InChI=1S/C26H33N7O4/c1-15-13-33(14-16(2)37-15)25-29-20-12-27-31-23(34)21(20)22(30-25)28-17-3-5-18(6-4-17)32-9-7-26(8-10-32)11-19(26)24(35)36/h3-6,12,15-16,19,22,28H,7-11,13-14H2,1-2H3,(H,29,30)(H,31,34)(H,35,36). The van der Waals surface area contributed by atoms with Crippen LogP contribution in [0.1, 0.15) is 44.8 Å². The number of aliphatic imine (C=N–C) groups is 1. The van der Waals surface area contributed by atoms with E-state index in [9.17, 15) is 14.7 Å². The zero-order valence-corrected chi connectivity index (χ0v) is 21.1. The molecule has 2 saturated heterocycles. The molecule has 4 atom stereocenters. The Morgan fingerprint density at radius 3 is 2.49 bits per heavy atom. The number of carboxylic acids is 1. The summed E-state index contributed by atoms with van der Waals surface area (Å²) in [5.41, 5.74) is 2.83. The highest BCUT2D eigenvalue weighted by molar-refractivity contribution is 5.96. The van der Waals surface area contributed by atoms with E-state index in [1.807, 2.05) is 26.0 Å². The number of hydrogen-bond acceptors (Lipinski definition) is 9. The molecule has 1 aromatic heterocycles. The fourth-order valence-corrected chi connectivity index (χ4v) is 6.12. The third kappa shape index (κ3) is 4.52. The van der Waals surface area contributed by atoms with Crippen LogP contribution in [0, 0.1) is 11.3 Å². The van der Waals surface area contributed by atoms with Crippen molar-refractivity contribution in [3.05, 3.63) is 46.4 Å². The molecule has 6 rings (SSSR count). The van der Waals surface area contributed by atoms with Gasteiger partial charge in [-0.3, -0.25) is 9.59 Å². The van der Waals surface area contributed by atoms with Gasteiger partial charge in [-0.1, -0.05) is 0 Å². The van der Waals surface area contributed by atoms with Gasteiger partial charge in [-0.25, -0.2) is 10.1 Å². The third-order valence-electron chi connectivity index (χ3n) is 8.17. The van der Waals surface area contributed by atoms with Gasteiger partial charge in [0.1, 0.15) is 0 Å². The second-order valence-electron chi connectivity index (χ2n) is 10.8. The molecule has 196 valence electrons. The van der Waals surface area contributed by atoms with E-state index >= 15 is 0 Å². The molecule has 4 heterocycles. The lowest BCUT2D eigenvalue weighted by Crippen LogP contribution is -2.51. The monoisotopic (exact) mass is 507 g/mol. The largest absolute Gasteiger partial charge is 0.481 e. The number of rotatable bonds is 4. The summed E-state index contributed by atoms with van der Waals surface area (Å²) in [6, 6.07) is 8.14. The van der Waals surface area contributed by atoms with Crippen molar-refractivity contribution in [1.82, 2.24) is 15.1 Å². The summed E-state index contributed by atoms with van der Waals surface area (Å²) in [4.78, 5) is 33.4. The lowest BCUT2D eigenvalue weighted by molar-refractivity contribution is -0.139. The Labute approximate surface area is 214 Å². The number of H-pyrrole nitrogens is 1. The minimum absolute atomic E-state index is 0.0138. The molecule has 3 fully saturated rings. The van der Waals surface area contributed by atoms with Crippen LogP contribution < -0.4 is 21.1 Å². The number of guanidine groups is 1. The first kappa shape index (κ1) is 23.8. The summed E-state index contributed by atoms with van der Waals surface area (Å²) < 4.78 is 5.87. The lowest BCUT2D eigenvalue weighted by atomic mass is 9.90. The maximum Gasteiger partial charge on any atom is 0.307 e. The number of carboxylic acid groups (broad SMARTS) is 1. The first-order chi connectivity index (χ1) is 17.8. The van der Waals surface area contributed by atoms with Gasteiger partial charge in [0.15, 0.2) is 6.17 Å². The average molecular weight is 508 g/mol. The SMILES string of the molecule is CC1CN(C2=NC(Nc3ccc(N4CCC5(CC4)CC5C(=O)O)cc3)c3c(cn[nH]c3=O)N2)CC(C)O1. The number of benzene rings is 1. The molecule has 1 spiro atoms. The molecule has 4 unspecified atom stereocenters. The van der Waals surface area contributed by atoms with E-state index in [1.54, 1.807) is 6.20 Å². The molecule has 0 amide bonds. The zero-order chi connectivity index (χ0) is 25.7. The molecular formula is C26H33N7O4. The number of aliphatic carboxylic acids is 1. The number of carbonyl (C=O) groups is 1. The van der Waals surface area contributed by atoms with E-state index in [4.69, 9.17) is 9.73 Å². The van der Waals surface area contributed by atoms with E-state index in [2.05, 4.69) is 42.8 Å². The highest BCUT2D eigenvalue weighted by Crippen LogP contribution is 2.59. The summed E-state index contributed by atoms with van der Waals surface area (Å²) in [5, 5.41) is 22.6. The van der Waals surface area contributed by atoms with Crippen molar-refractivity contribution in [3.63, 3.8) is 0 Å². The van der Waals surface area contributed by atoms with Gasteiger partial charge >= 0.3 is 5.97 Å². The molecular weight excluding hydrogens is 474 g/mol. The number of morpholine rings is 1. The van der Waals surface area contributed by atoms with Crippen molar-refractivity contribution in [2.75, 3.05) is 41.7 Å². The Bertz CT molecular complexity index is 1260. The van der Waals surface area contributed by atoms with Crippen molar-refractivity contribution in [2.45, 2.75) is 51.5 Å². The summed E-state index contributed by atoms with van der Waals surface area (Å²) in [6.07, 6.45) is 3.85. The Kier molecular flexibility index (Phi) is 5.82. The summed E-state index contributed by atoms with van der Waals surface area (Å²) in [6.45, 7) is 7.22. The van der Waals surface area contributed by atoms with Crippen LogP contribution in [0.15, 0.2) is 40.2 Å². The van der Waals surface area contributed by atoms with Crippen LogP contribution in [0.25, 0.3) is 0 Å². The third-order valence-corrected chi connectivity index (χ3v) is 8.17. The predicted molar refractivity (Wildman–Crippen MR) is 140 cm³/mol. The maximum atomic E-state index is 12.7. The topological polar surface area (TPSA) is 135 Å². The van der Waals surface area contributed by atoms with Crippen LogP contribution in [0.3, 0.4) is 0 Å². The van der Waals surface area contributed by atoms with Crippen LogP contribution in [0.2, 0.25) is 0 Å². The zero-order valence-electron chi connectivity index (χ0n) is 21.1. The van der Waals surface area contributed by atoms with Gasteiger partial charge in [0.05, 0.1) is 35.6 Å². The lowest BCUT2D eigenvalue weighted by Gasteiger charge is -2.39. The molecule has 0 bridgehead atoms. The molecule has 2 aromatic rings. The molecule has 0 radical (unpaired) electrons. The molecule has 11 nitrogen and oxygen atoms in total. The van der Waals surface area contributed by atoms with Crippen molar-refractivity contribution in [3.8, 4) is 0 Å². The molecule has 1 saturated carbocycles. The predicted octanol–water partition coefficient (Wildman–Crippen LogP) is 2.46. The average Bonchev–Trinajstić information content (AvgIpc) is 3.58. The van der Waals surface area contributed by atoms with Crippen molar-refractivity contribution >= 4 is 29.0 Å². The Hall–Kier alpha value is -3.60. The Morgan fingerprint density at radius 1 is 1.14 bits per heavy atom. The van der Waals surface area contributed by atoms with Gasteiger partial charge < -0.3 is 30.3 Å². The van der Waals surface area contributed by atoms with Crippen LogP contribution in [-0.2, 0) is 9.53 Å². The number of aromatic amines is 1. The second-order valence-corrected chi connectivity index (χ2v) is 10.8. The highest BCUT2D eigenvalue weighted by atomic mass is 16.5.